The van der Waals surface area contributed by atoms with E-state index in [1.807, 2.05) is 0 Å². The summed E-state index contributed by atoms with van der Waals surface area (Å²) in [6.45, 7) is 1.73. The predicted octanol–water partition coefficient (Wildman–Crippen LogP) is 4.96. The largest absolute Gasteiger partial charge is 0.322 e. The zero-order valence-electron chi connectivity index (χ0n) is 13.3. The third kappa shape index (κ3) is 3.83. The molecule has 0 saturated carbocycles. The van der Waals surface area contributed by atoms with Gasteiger partial charge in [0, 0.05) is 22.8 Å². The van der Waals surface area contributed by atoms with Crippen LogP contribution in [0.1, 0.15) is 21.6 Å². The molecule has 0 aliphatic heterocycles. The van der Waals surface area contributed by atoms with E-state index in [0.29, 0.717) is 33.5 Å². The van der Waals surface area contributed by atoms with Gasteiger partial charge >= 0.3 is 0 Å². The summed E-state index contributed by atoms with van der Waals surface area (Å²) >= 11 is 11.9. The number of anilines is 1. The highest BCUT2D eigenvalue weighted by Crippen LogP contribution is 2.23. The Labute approximate surface area is 154 Å². The van der Waals surface area contributed by atoms with Gasteiger partial charge in [0.05, 0.1) is 16.9 Å². The second kappa shape index (κ2) is 7.25. The second-order valence-electron chi connectivity index (χ2n) is 5.44. The highest BCUT2D eigenvalue weighted by Gasteiger charge is 2.15. The molecule has 4 nitrogen and oxygen atoms in total. The summed E-state index contributed by atoms with van der Waals surface area (Å²) in [6.07, 6.45) is 1.60. The maximum Gasteiger partial charge on any atom is 0.259 e. The molecule has 0 spiro atoms. The first-order valence-electron chi connectivity index (χ1n) is 7.46. The van der Waals surface area contributed by atoms with Crippen LogP contribution in [0.5, 0.6) is 0 Å². The molecule has 0 bridgehead atoms. The summed E-state index contributed by atoms with van der Waals surface area (Å²) in [5.74, 6) is -0.334. The average molecular weight is 378 g/mol. The zero-order valence-corrected chi connectivity index (χ0v) is 14.8. The Morgan fingerprint density at radius 3 is 2.60 bits per heavy atom. The van der Waals surface area contributed by atoms with Crippen LogP contribution in [0.4, 0.5) is 10.1 Å². The number of hydrogen-bond acceptors (Lipinski definition) is 2. The fourth-order valence-electron chi connectivity index (χ4n) is 2.34. The monoisotopic (exact) mass is 377 g/mol. The van der Waals surface area contributed by atoms with E-state index in [9.17, 15) is 9.18 Å². The molecule has 7 heteroatoms. The number of amides is 1. The Bertz CT molecular complexity index is 923. The Morgan fingerprint density at radius 1 is 1.24 bits per heavy atom. The first kappa shape index (κ1) is 17.5. The molecule has 0 aliphatic rings. The van der Waals surface area contributed by atoms with E-state index in [2.05, 4.69) is 10.4 Å². The molecule has 128 valence electrons. The molecule has 1 heterocycles. The quantitative estimate of drug-likeness (QED) is 0.652. The van der Waals surface area contributed by atoms with E-state index < -0.39 is 0 Å². The van der Waals surface area contributed by atoms with Crippen LogP contribution in [-0.4, -0.2) is 15.7 Å². The predicted molar refractivity (Wildman–Crippen MR) is 97.2 cm³/mol. The molecule has 0 atom stereocenters. The fraction of sp³-hybridized carbons (Fsp3) is 0.111. The lowest BCUT2D eigenvalue weighted by Crippen LogP contribution is -2.12. The van der Waals surface area contributed by atoms with Crippen molar-refractivity contribution in [1.29, 1.82) is 0 Å². The van der Waals surface area contributed by atoms with Gasteiger partial charge in [-0.25, -0.2) is 9.07 Å². The summed E-state index contributed by atoms with van der Waals surface area (Å²) in [7, 11) is 0. The van der Waals surface area contributed by atoms with Crippen molar-refractivity contribution in [3.8, 4) is 5.69 Å². The van der Waals surface area contributed by atoms with Gasteiger partial charge in [-0.15, -0.1) is 11.6 Å². The summed E-state index contributed by atoms with van der Waals surface area (Å²) in [4.78, 5) is 12.5. The molecule has 1 aromatic heterocycles. The van der Waals surface area contributed by atoms with E-state index >= 15 is 0 Å². The summed E-state index contributed by atoms with van der Waals surface area (Å²) < 4.78 is 14.6. The molecular weight excluding hydrogens is 364 g/mol. The minimum atomic E-state index is -0.331. The Balaban J connectivity index is 1.83. The van der Waals surface area contributed by atoms with Crippen molar-refractivity contribution in [1.82, 2.24) is 9.78 Å². The number of halogens is 3. The molecule has 2 aromatic carbocycles. The van der Waals surface area contributed by atoms with Crippen LogP contribution < -0.4 is 5.32 Å². The van der Waals surface area contributed by atoms with Gasteiger partial charge in [-0.05, 0) is 48.9 Å². The highest BCUT2D eigenvalue weighted by atomic mass is 35.5. The van der Waals surface area contributed by atoms with Crippen LogP contribution in [-0.2, 0) is 5.88 Å². The number of aryl methyl sites for hydroxylation is 1. The maximum absolute atomic E-state index is 13.0. The van der Waals surface area contributed by atoms with Crippen LogP contribution in [0.2, 0.25) is 5.02 Å². The first-order chi connectivity index (χ1) is 12.0. The molecule has 1 amide bonds. The zero-order chi connectivity index (χ0) is 18.0. The van der Waals surface area contributed by atoms with Crippen LogP contribution in [0.15, 0.2) is 48.7 Å². The lowest BCUT2D eigenvalue weighted by atomic mass is 10.2. The van der Waals surface area contributed by atoms with E-state index in [-0.39, 0.29) is 11.7 Å². The lowest BCUT2D eigenvalue weighted by Gasteiger charge is -2.07. The van der Waals surface area contributed by atoms with Crippen molar-refractivity contribution < 1.29 is 9.18 Å². The lowest BCUT2D eigenvalue weighted by molar-refractivity contribution is 0.102. The van der Waals surface area contributed by atoms with E-state index in [4.69, 9.17) is 23.2 Å². The molecule has 25 heavy (non-hydrogen) atoms. The molecule has 0 aliphatic carbocycles. The summed E-state index contributed by atoms with van der Waals surface area (Å²) in [6, 6.07) is 11.0. The maximum atomic E-state index is 13.0. The number of hydrogen-bond donors (Lipinski definition) is 1. The molecule has 0 saturated heterocycles. The minimum Gasteiger partial charge on any atom is -0.322 e. The normalized spacial score (nSPS) is 10.7. The van der Waals surface area contributed by atoms with Gasteiger partial charge < -0.3 is 5.32 Å². The van der Waals surface area contributed by atoms with Crippen molar-refractivity contribution >= 4 is 34.8 Å². The molecule has 3 rings (SSSR count). The Hall–Kier alpha value is -2.37. The fourth-order valence-corrected chi connectivity index (χ4v) is 2.89. The number of rotatable bonds is 4. The van der Waals surface area contributed by atoms with Gasteiger partial charge in [0.1, 0.15) is 5.82 Å². The van der Waals surface area contributed by atoms with Crippen LogP contribution in [0.25, 0.3) is 5.69 Å². The number of aromatic nitrogens is 2. The number of alkyl halides is 1. The average Bonchev–Trinajstić information content (AvgIpc) is 2.97. The van der Waals surface area contributed by atoms with Crippen molar-refractivity contribution in [2.45, 2.75) is 12.8 Å². The van der Waals surface area contributed by atoms with E-state index in [1.165, 1.54) is 16.8 Å². The SMILES string of the molecule is Cc1nn(-c2ccc(F)cc2)cc1C(=O)Nc1ccc(CCl)c(Cl)c1. The first-order valence-corrected chi connectivity index (χ1v) is 8.37. The minimum absolute atomic E-state index is 0.302. The Morgan fingerprint density at radius 2 is 1.96 bits per heavy atom. The standard InChI is InChI=1S/C18H14Cl2FN3O/c1-11-16(10-24(23-11)15-6-3-13(21)4-7-15)18(25)22-14-5-2-12(9-19)17(20)8-14/h2-8,10H,9H2,1H3,(H,22,25). The molecule has 0 radical (unpaired) electrons. The third-order valence-electron chi connectivity index (χ3n) is 3.69. The number of benzene rings is 2. The van der Waals surface area contributed by atoms with Crippen LogP contribution >= 0.6 is 23.2 Å². The number of nitrogens with zero attached hydrogens (tertiary/aromatic N) is 2. The van der Waals surface area contributed by atoms with Crippen molar-refractivity contribution in [2.24, 2.45) is 0 Å². The molecule has 0 unspecified atom stereocenters. The smallest absolute Gasteiger partial charge is 0.259 e. The molecule has 3 aromatic rings. The van der Waals surface area contributed by atoms with Crippen molar-refractivity contribution in [3.05, 3.63) is 76.3 Å². The van der Waals surface area contributed by atoms with Crippen molar-refractivity contribution in [3.63, 3.8) is 0 Å². The van der Waals surface area contributed by atoms with Crippen LogP contribution in [0, 0.1) is 12.7 Å². The number of carbonyl (C=O) groups is 1. The number of carbonyl (C=O) groups excluding carboxylic acids is 1. The van der Waals surface area contributed by atoms with Crippen LogP contribution in [0.3, 0.4) is 0 Å². The second-order valence-corrected chi connectivity index (χ2v) is 6.12. The van der Waals surface area contributed by atoms with Gasteiger partial charge in [0.25, 0.3) is 5.91 Å². The van der Waals surface area contributed by atoms with Crippen molar-refractivity contribution in [2.75, 3.05) is 5.32 Å². The van der Waals surface area contributed by atoms with Gasteiger partial charge in [-0.2, -0.15) is 5.10 Å². The highest BCUT2D eigenvalue weighted by molar-refractivity contribution is 6.32. The molecule has 1 N–H and O–H groups in total. The summed E-state index contributed by atoms with van der Waals surface area (Å²) in [5.41, 5.74) is 3.00. The number of nitrogens with one attached hydrogen (secondary N) is 1. The van der Waals surface area contributed by atoms with Gasteiger partial charge in [0.15, 0.2) is 0 Å². The van der Waals surface area contributed by atoms with Gasteiger partial charge in [-0.1, -0.05) is 17.7 Å². The van der Waals surface area contributed by atoms with Gasteiger partial charge in [-0.3, -0.25) is 4.79 Å². The van der Waals surface area contributed by atoms with Gasteiger partial charge in [0.2, 0.25) is 0 Å². The molecular formula is C18H14Cl2FN3O. The van der Waals surface area contributed by atoms with E-state index in [0.717, 1.165) is 5.56 Å². The molecule has 0 fully saturated rings. The third-order valence-corrected chi connectivity index (χ3v) is 4.33. The topological polar surface area (TPSA) is 46.9 Å². The van der Waals surface area contributed by atoms with E-state index in [1.54, 1.807) is 43.5 Å². The Kier molecular flexibility index (Phi) is 5.06. The summed E-state index contributed by atoms with van der Waals surface area (Å²) in [5, 5.41) is 7.59.